The average molecular weight is 373 g/mol. The van der Waals surface area contributed by atoms with Crippen molar-refractivity contribution in [1.29, 1.82) is 0 Å². The van der Waals surface area contributed by atoms with Crippen molar-refractivity contribution < 1.29 is 14.3 Å². The van der Waals surface area contributed by atoms with Gasteiger partial charge in [0, 0.05) is 25.8 Å². The quantitative estimate of drug-likeness (QED) is 0.651. The SMILES string of the molecule is COc1ccc(CCNC(=O)c2ccnc(NCCN(C)C)n2)cc1OC. The van der Waals surface area contributed by atoms with Crippen molar-refractivity contribution in [3.05, 3.63) is 41.7 Å². The molecule has 0 saturated carbocycles. The third kappa shape index (κ3) is 6.41. The van der Waals surface area contributed by atoms with Gasteiger partial charge in [-0.25, -0.2) is 9.97 Å². The van der Waals surface area contributed by atoms with Crippen LogP contribution in [-0.2, 0) is 6.42 Å². The highest BCUT2D eigenvalue weighted by Gasteiger charge is 2.09. The van der Waals surface area contributed by atoms with Gasteiger partial charge in [-0.15, -0.1) is 0 Å². The molecule has 146 valence electrons. The van der Waals surface area contributed by atoms with Crippen LogP contribution in [0.1, 0.15) is 16.1 Å². The molecule has 2 N–H and O–H groups in total. The number of likely N-dealkylation sites (N-methyl/N-ethyl adjacent to an activating group) is 1. The molecule has 0 radical (unpaired) electrons. The number of hydrogen-bond donors (Lipinski definition) is 2. The Morgan fingerprint density at radius 2 is 1.89 bits per heavy atom. The fraction of sp³-hybridized carbons (Fsp3) is 0.421. The van der Waals surface area contributed by atoms with E-state index >= 15 is 0 Å². The molecule has 0 atom stereocenters. The summed E-state index contributed by atoms with van der Waals surface area (Å²) >= 11 is 0. The summed E-state index contributed by atoms with van der Waals surface area (Å²) in [5, 5.41) is 5.98. The van der Waals surface area contributed by atoms with E-state index in [0.717, 1.165) is 12.1 Å². The van der Waals surface area contributed by atoms with Crippen LogP contribution in [0, 0.1) is 0 Å². The van der Waals surface area contributed by atoms with Crippen LogP contribution in [0.15, 0.2) is 30.5 Å². The maximum absolute atomic E-state index is 12.3. The van der Waals surface area contributed by atoms with Gasteiger partial charge in [-0.2, -0.15) is 0 Å². The van der Waals surface area contributed by atoms with Gasteiger partial charge >= 0.3 is 0 Å². The molecule has 8 nitrogen and oxygen atoms in total. The molecule has 0 aliphatic carbocycles. The van der Waals surface area contributed by atoms with Crippen molar-refractivity contribution in [3.8, 4) is 11.5 Å². The third-order valence-electron chi connectivity index (χ3n) is 3.88. The molecule has 1 aromatic heterocycles. The molecule has 8 heteroatoms. The van der Waals surface area contributed by atoms with Crippen molar-refractivity contribution in [1.82, 2.24) is 20.2 Å². The second-order valence-electron chi connectivity index (χ2n) is 6.19. The van der Waals surface area contributed by atoms with Crippen molar-refractivity contribution >= 4 is 11.9 Å². The van der Waals surface area contributed by atoms with Crippen LogP contribution in [0.4, 0.5) is 5.95 Å². The van der Waals surface area contributed by atoms with Gasteiger partial charge in [-0.05, 0) is 44.3 Å². The number of ether oxygens (including phenoxy) is 2. The molecule has 0 fully saturated rings. The zero-order valence-electron chi connectivity index (χ0n) is 16.3. The van der Waals surface area contributed by atoms with Gasteiger partial charge in [0.15, 0.2) is 11.5 Å². The van der Waals surface area contributed by atoms with E-state index in [4.69, 9.17) is 9.47 Å². The first-order valence-corrected chi connectivity index (χ1v) is 8.74. The van der Waals surface area contributed by atoms with Gasteiger partial charge in [-0.3, -0.25) is 4.79 Å². The Balaban J connectivity index is 1.87. The maximum Gasteiger partial charge on any atom is 0.270 e. The lowest BCUT2D eigenvalue weighted by molar-refractivity contribution is 0.0949. The number of aromatic nitrogens is 2. The van der Waals surface area contributed by atoms with Gasteiger partial charge in [-0.1, -0.05) is 6.07 Å². The Bertz CT molecular complexity index is 752. The normalized spacial score (nSPS) is 10.6. The molecular weight excluding hydrogens is 346 g/mol. The molecule has 2 rings (SSSR count). The Hall–Kier alpha value is -2.87. The highest BCUT2D eigenvalue weighted by atomic mass is 16.5. The van der Waals surface area contributed by atoms with Gasteiger partial charge < -0.3 is 25.0 Å². The van der Waals surface area contributed by atoms with E-state index in [0.29, 0.717) is 42.7 Å². The number of methoxy groups -OCH3 is 2. The Kier molecular flexibility index (Phi) is 7.81. The Morgan fingerprint density at radius 3 is 2.59 bits per heavy atom. The lowest BCUT2D eigenvalue weighted by Crippen LogP contribution is -2.27. The summed E-state index contributed by atoms with van der Waals surface area (Å²) in [5.74, 6) is 1.57. The van der Waals surface area contributed by atoms with Gasteiger partial charge in [0.1, 0.15) is 5.69 Å². The van der Waals surface area contributed by atoms with Crippen molar-refractivity contribution in [2.24, 2.45) is 0 Å². The van der Waals surface area contributed by atoms with Crippen LogP contribution < -0.4 is 20.1 Å². The Morgan fingerprint density at radius 1 is 1.11 bits per heavy atom. The first-order chi connectivity index (χ1) is 13.0. The number of rotatable bonds is 10. The summed E-state index contributed by atoms with van der Waals surface area (Å²) in [6, 6.07) is 7.31. The van der Waals surface area contributed by atoms with Crippen LogP contribution in [-0.4, -0.2) is 68.7 Å². The molecule has 0 unspecified atom stereocenters. The lowest BCUT2D eigenvalue weighted by Gasteiger charge is -2.11. The molecule has 0 saturated heterocycles. The first kappa shape index (κ1) is 20.4. The Labute approximate surface area is 159 Å². The van der Waals surface area contributed by atoms with E-state index in [-0.39, 0.29) is 5.91 Å². The van der Waals surface area contributed by atoms with E-state index in [1.54, 1.807) is 26.5 Å². The average Bonchev–Trinajstić information content (AvgIpc) is 2.67. The molecule has 1 amide bonds. The highest BCUT2D eigenvalue weighted by molar-refractivity contribution is 5.92. The molecule has 1 heterocycles. The number of hydrogen-bond acceptors (Lipinski definition) is 7. The predicted molar refractivity (Wildman–Crippen MR) is 105 cm³/mol. The molecule has 0 aliphatic heterocycles. The predicted octanol–water partition coefficient (Wildman–Crippen LogP) is 1.44. The van der Waals surface area contributed by atoms with E-state index in [1.165, 1.54) is 0 Å². The van der Waals surface area contributed by atoms with Gasteiger partial charge in [0.25, 0.3) is 5.91 Å². The highest BCUT2D eigenvalue weighted by Crippen LogP contribution is 2.27. The van der Waals surface area contributed by atoms with Gasteiger partial charge in [0.2, 0.25) is 5.95 Å². The van der Waals surface area contributed by atoms with Crippen LogP contribution >= 0.6 is 0 Å². The van der Waals surface area contributed by atoms with E-state index in [2.05, 4.69) is 25.5 Å². The first-order valence-electron chi connectivity index (χ1n) is 8.74. The van der Waals surface area contributed by atoms with Crippen molar-refractivity contribution in [2.75, 3.05) is 53.3 Å². The van der Waals surface area contributed by atoms with E-state index < -0.39 is 0 Å². The molecule has 0 bridgehead atoms. The van der Waals surface area contributed by atoms with E-state index in [9.17, 15) is 4.79 Å². The van der Waals surface area contributed by atoms with E-state index in [1.807, 2.05) is 32.3 Å². The molecule has 27 heavy (non-hydrogen) atoms. The number of amides is 1. The van der Waals surface area contributed by atoms with Crippen LogP contribution in [0.25, 0.3) is 0 Å². The molecule has 1 aromatic carbocycles. The summed E-state index contributed by atoms with van der Waals surface area (Å²) in [5.41, 5.74) is 1.38. The minimum Gasteiger partial charge on any atom is -0.493 e. The number of benzene rings is 1. The molecular formula is C19H27N5O3. The second kappa shape index (κ2) is 10.3. The summed E-state index contributed by atoms with van der Waals surface area (Å²) < 4.78 is 10.5. The van der Waals surface area contributed by atoms with Crippen LogP contribution in [0.3, 0.4) is 0 Å². The zero-order valence-corrected chi connectivity index (χ0v) is 16.3. The number of carbonyl (C=O) groups is 1. The molecule has 0 spiro atoms. The maximum atomic E-state index is 12.3. The summed E-state index contributed by atoms with van der Waals surface area (Å²) in [4.78, 5) is 22.8. The topological polar surface area (TPSA) is 88.6 Å². The number of nitrogens with one attached hydrogen (secondary N) is 2. The summed E-state index contributed by atoms with van der Waals surface area (Å²) in [6.45, 7) is 2.05. The molecule has 2 aromatic rings. The fourth-order valence-electron chi connectivity index (χ4n) is 2.41. The van der Waals surface area contributed by atoms with Crippen molar-refractivity contribution in [2.45, 2.75) is 6.42 Å². The minimum atomic E-state index is -0.228. The summed E-state index contributed by atoms with van der Waals surface area (Å²) in [7, 11) is 7.18. The third-order valence-corrected chi connectivity index (χ3v) is 3.88. The zero-order chi connectivity index (χ0) is 19.6. The fourth-order valence-corrected chi connectivity index (χ4v) is 2.41. The standard InChI is InChI=1S/C19H27N5O3/c1-24(2)12-11-22-19-21-10-8-15(23-19)18(25)20-9-7-14-5-6-16(26-3)17(13-14)27-4/h5-6,8,10,13H,7,9,11-12H2,1-4H3,(H,20,25)(H,21,22,23). The minimum absolute atomic E-state index is 0.228. The largest absolute Gasteiger partial charge is 0.493 e. The molecule has 0 aliphatic rings. The van der Waals surface area contributed by atoms with Crippen LogP contribution in [0.5, 0.6) is 11.5 Å². The number of carbonyl (C=O) groups excluding carboxylic acids is 1. The number of anilines is 1. The monoisotopic (exact) mass is 373 g/mol. The number of nitrogens with zero attached hydrogens (tertiary/aromatic N) is 3. The summed E-state index contributed by atoms with van der Waals surface area (Å²) in [6.07, 6.45) is 2.25. The van der Waals surface area contributed by atoms with Gasteiger partial charge in [0.05, 0.1) is 14.2 Å². The smallest absolute Gasteiger partial charge is 0.270 e. The van der Waals surface area contributed by atoms with Crippen LogP contribution in [0.2, 0.25) is 0 Å². The second-order valence-corrected chi connectivity index (χ2v) is 6.19. The van der Waals surface area contributed by atoms with Crippen molar-refractivity contribution in [3.63, 3.8) is 0 Å². The lowest BCUT2D eigenvalue weighted by atomic mass is 10.1.